The van der Waals surface area contributed by atoms with E-state index in [4.69, 9.17) is 0 Å². The molecule has 1 aliphatic heterocycles. The molecule has 0 radical (unpaired) electrons. The maximum Gasteiger partial charge on any atom is 0.150 e. The molecule has 15 saturated carbocycles. The second kappa shape index (κ2) is 36.6. The van der Waals surface area contributed by atoms with Gasteiger partial charge in [-0.05, 0) is 509 Å². The molecule has 1 heterocycles. The number of Topliss-reactive ketones (excluding diaryl/α,β-unsaturated/α-hetero) is 1. The van der Waals surface area contributed by atoms with Gasteiger partial charge in [-0.3, -0.25) is 9.69 Å². The summed E-state index contributed by atoms with van der Waals surface area (Å²) in [5.74, 6) is 15.8. The molecule has 0 amide bonds. The number of hydrogen-bond acceptors (Lipinski definition) is 9. The Kier molecular flexibility index (Phi) is 27.7. The van der Waals surface area contributed by atoms with Gasteiger partial charge in [0.15, 0.2) is 0 Å². The summed E-state index contributed by atoms with van der Waals surface area (Å²) in [6.45, 7) is 46.6. The van der Waals surface area contributed by atoms with Crippen molar-refractivity contribution in [2.75, 3.05) is 38.2 Å². The third kappa shape index (κ3) is 17.7. The van der Waals surface area contributed by atoms with Gasteiger partial charge >= 0.3 is 0 Å². The number of nitrogens with zero attached hydrogens (tertiary/aromatic N) is 1. The fourth-order valence-corrected chi connectivity index (χ4v) is 38.2. The Morgan fingerprint density at radius 1 is 0.375 bits per heavy atom. The number of fused-ring (bicyclic) bond motifs is 25. The Morgan fingerprint density at radius 2 is 0.680 bits per heavy atom. The van der Waals surface area contributed by atoms with Gasteiger partial charge in [0, 0.05) is 30.5 Å². The van der Waals surface area contributed by atoms with Crippen molar-refractivity contribution in [2.45, 2.75) is 387 Å². The van der Waals surface area contributed by atoms with E-state index in [9.17, 15) is 40.5 Å². The molecule has 716 valence electrons. The number of hydrogen-bond donors (Lipinski definition) is 7. The van der Waals surface area contributed by atoms with Gasteiger partial charge in [0.1, 0.15) is 5.78 Å². The van der Waals surface area contributed by atoms with Crippen LogP contribution in [0.15, 0.2) is 106 Å². The highest BCUT2D eigenvalue weighted by atomic mass is 79.9. The molecule has 0 aromatic rings. The summed E-state index contributed by atoms with van der Waals surface area (Å²) in [4.78, 5) is 15.8. The zero-order valence-electron chi connectivity index (χ0n) is 82.0. The van der Waals surface area contributed by atoms with E-state index in [0.29, 0.717) is 174 Å². The number of aliphatic hydroxyl groups excluding tert-OH is 2. The van der Waals surface area contributed by atoms with Gasteiger partial charge in [0.05, 0.1) is 65.2 Å². The quantitative estimate of drug-likeness (QED) is 0.0834. The zero-order valence-corrected chi connectivity index (χ0v) is 83.6. The molecular formula is C115H175BrF3NO8. The van der Waals surface area contributed by atoms with Crippen molar-refractivity contribution in [3.05, 3.63) is 106 Å². The number of carbonyl (C=O) groups is 1. The summed E-state index contributed by atoms with van der Waals surface area (Å²) in [7, 11) is 0. The van der Waals surface area contributed by atoms with Crippen LogP contribution in [0.1, 0.15) is 359 Å². The number of piperidine rings is 1. The van der Waals surface area contributed by atoms with Crippen LogP contribution in [-0.4, -0.2) is 113 Å². The minimum absolute atomic E-state index is 0.0805. The van der Waals surface area contributed by atoms with Gasteiger partial charge in [-0.1, -0.05) is 117 Å². The van der Waals surface area contributed by atoms with E-state index < -0.39 is 28.0 Å². The molecule has 0 spiro atoms. The van der Waals surface area contributed by atoms with Crippen molar-refractivity contribution >= 4 is 21.7 Å². The number of ketones is 1. The Bertz CT molecular complexity index is 4090. The summed E-state index contributed by atoms with van der Waals surface area (Å²) < 4.78 is 45.2. The third-order valence-electron chi connectivity index (χ3n) is 44.1. The van der Waals surface area contributed by atoms with Crippen LogP contribution in [0.5, 0.6) is 0 Å². The number of likely N-dealkylation sites (tertiary alicyclic amines) is 1. The van der Waals surface area contributed by atoms with Gasteiger partial charge in [0.2, 0.25) is 0 Å². The molecule has 128 heavy (non-hydrogen) atoms. The predicted octanol–water partition coefficient (Wildman–Crippen LogP) is 26.6. The van der Waals surface area contributed by atoms with Crippen molar-refractivity contribution in [3.8, 4) is 0 Å². The average molecular weight is 1840 g/mol. The third-order valence-corrected chi connectivity index (χ3v) is 44.8. The molecule has 16 fully saturated rings. The lowest BCUT2D eigenvalue weighted by Gasteiger charge is -2.55. The molecule has 0 unspecified atom stereocenters. The molecule has 1 saturated heterocycles. The van der Waals surface area contributed by atoms with Crippen LogP contribution in [0.25, 0.3) is 0 Å². The van der Waals surface area contributed by atoms with E-state index in [1.54, 1.807) is 16.7 Å². The fourth-order valence-electron chi connectivity index (χ4n) is 37.8. The second-order valence-electron chi connectivity index (χ2n) is 51.6. The Balaban J connectivity index is 0.000000113. The van der Waals surface area contributed by atoms with Crippen molar-refractivity contribution in [3.63, 3.8) is 0 Å². The maximum atomic E-state index is 15.1. The van der Waals surface area contributed by atoms with E-state index in [0.717, 1.165) is 178 Å². The molecule has 21 aliphatic rings. The number of carbonyl (C=O) groups excluding carboxylic acids is 1. The molecule has 0 bridgehead atoms. The van der Waals surface area contributed by atoms with Gasteiger partial charge in [-0.2, -0.15) is 0 Å². The Morgan fingerprint density at radius 3 is 1.05 bits per heavy atom. The van der Waals surface area contributed by atoms with Crippen molar-refractivity contribution in [1.29, 1.82) is 0 Å². The van der Waals surface area contributed by atoms with Crippen LogP contribution < -0.4 is 0 Å². The maximum absolute atomic E-state index is 15.1. The molecule has 0 aromatic heterocycles. The van der Waals surface area contributed by atoms with Crippen LogP contribution in [0.3, 0.4) is 0 Å². The van der Waals surface area contributed by atoms with Gasteiger partial charge in [-0.25, -0.2) is 13.2 Å². The van der Waals surface area contributed by atoms with Crippen molar-refractivity contribution in [1.82, 2.24) is 4.90 Å². The fraction of sp³-hybridized carbons (Fsp3) is 0.835. The molecule has 13 heteroatoms. The van der Waals surface area contributed by atoms with E-state index in [2.05, 4.69) is 102 Å². The first kappa shape index (κ1) is 96.9. The summed E-state index contributed by atoms with van der Waals surface area (Å²) >= 11 is 3.61. The number of allylic oxidation sites excluding steroid dienone is 7. The first-order chi connectivity index (χ1) is 60.4. The topological polar surface area (TPSA) is 162 Å². The minimum atomic E-state index is -0.726. The van der Waals surface area contributed by atoms with Crippen molar-refractivity contribution in [2.24, 2.45) is 175 Å². The van der Waals surface area contributed by atoms with Crippen LogP contribution in [-0.2, 0) is 4.79 Å². The lowest BCUT2D eigenvalue weighted by molar-refractivity contribution is -0.130. The lowest BCUT2D eigenvalue weighted by Crippen LogP contribution is -2.49. The number of alkyl halides is 1. The van der Waals surface area contributed by atoms with Crippen molar-refractivity contribution < 1.29 is 53.7 Å². The highest BCUT2D eigenvalue weighted by molar-refractivity contribution is 9.09. The SMILES string of the molecule is C=C(C)[C@H]1CC[C@H]2[C@@H]3CC(F)=C4C[C@](C)(O)CC[C@@H]4[C@H]3CC[C@]12C.C=C(CBr)[C@H]1CC[C@H]2[C@@H]3CC(F)=C4C[C@](C)(O)CC[C@@H]4[C@H]3CC[C@]12C.C=C(CO)[C@H]1CC[C@H]2[C@@H]3CC(C)=C4C[C@](C)(O)CC[C@@H]4[C@H]3CC[C@]12C.C=C(CO)[C@H]1CC[C@H]2[C@@H]3CC(F)=C4C[C@](C)(O)CC[C@@H]4[C@H]3CC[C@]12C.C[C@@]1(O)CC[C@H]2C(=CC[C@@H]3[C@@H]2CC[C@]2(C)[C@@H](C(=O)CN4CCCCC4)CC[C@@H]32)C1. The summed E-state index contributed by atoms with van der Waals surface area (Å²) in [6.07, 6.45) is 48.3. The average Bonchev–Trinajstić information content (AvgIpc) is 1.52. The van der Waals surface area contributed by atoms with Crippen LogP contribution >= 0.6 is 15.9 Å². The second-order valence-corrected chi connectivity index (χ2v) is 52.2. The lowest BCUT2D eigenvalue weighted by atomic mass is 9.50. The summed E-state index contributed by atoms with van der Waals surface area (Å²) in [5, 5.41) is 72.5. The van der Waals surface area contributed by atoms with Crippen LogP contribution in [0, 0.1) is 175 Å². The van der Waals surface area contributed by atoms with E-state index in [-0.39, 0.29) is 41.5 Å². The monoisotopic (exact) mass is 1830 g/mol. The van der Waals surface area contributed by atoms with E-state index in [1.807, 2.05) is 34.6 Å². The minimum Gasteiger partial charge on any atom is -0.392 e. The molecule has 35 atom stereocenters. The van der Waals surface area contributed by atoms with Crippen LogP contribution in [0.2, 0.25) is 0 Å². The van der Waals surface area contributed by atoms with Crippen LogP contribution in [0.4, 0.5) is 13.2 Å². The first-order valence-electron chi connectivity index (χ1n) is 53.2. The summed E-state index contributed by atoms with van der Waals surface area (Å²) in [5.41, 5.74) is 10.7. The molecule has 0 aromatic carbocycles. The molecule has 9 nitrogen and oxygen atoms in total. The largest absolute Gasteiger partial charge is 0.392 e. The summed E-state index contributed by atoms with van der Waals surface area (Å²) in [6, 6.07) is 0. The molecule has 20 aliphatic carbocycles. The van der Waals surface area contributed by atoms with Gasteiger partial charge in [0.25, 0.3) is 0 Å². The molecular weight excluding hydrogens is 1660 g/mol. The smallest absolute Gasteiger partial charge is 0.150 e. The zero-order chi connectivity index (χ0) is 91.4. The number of halogens is 4. The molecule has 21 rings (SSSR count). The highest BCUT2D eigenvalue weighted by Crippen LogP contribution is 2.72. The highest BCUT2D eigenvalue weighted by Gasteiger charge is 2.65. The number of rotatable bonds is 10. The van der Waals surface area contributed by atoms with E-state index in [1.165, 1.54) is 159 Å². The van der Waals surface area contributed by atoms with Gasteiger partial charge < -0.3 is 35.7 Å². The Labute approximate surface area is 781 Å². The Hall–Kier alpha value is -2.72. The van der Waals surface area contributed by atoms with Gasteiger partial charge in [-0.15, -0.1) is 0 Å². The van der Waals surface area contributed by atoms with E-state index >= 15 is 13.2 Å². The standard InChI is InChI=1S/C26H41NO2.C23H36O2.C22H32BrFO.C22H33FO2.C22H33FO/c1-25(29)12-10-19-18(16-25)6-7-21-20(19)11-13-26(2)22(21)8-9-23(26)24(28)17-27-14-4-3-5-15-27;1-14-11-18-16(17-7-9-22(3,25)12-19(14)17)8-10-23(4)20(15(2)13-24)5-6-21(18)23;1-13(12-23)18-4-5-19-16-10-20(24)17-11-21(2,25)8-6-15(17)14(16)7-9-22(18,19)3;1-13(12-24)18-4-5-19-16-10-20(23)17-11-21(2,25)8-6-15(17)14(16)7-9-22(18,19)3;1-13(2)18-5-6-19-16-11-20(23)17-12-21(3,24)9-7-15(17)14(16)8-10-22(18,19)4/h6,19-23,29H,3-5,7-17H2,1-2H3;16-18,20-21,24-25H,2,5-13H2,1,3-4H3;14-16,18-19,25H,1,4-12H2,2-3H3;14-16,18-19,24-25H,1,4-12H2,2-3H3;14-16,18-19,24H,1,5-12H2,2-4H3/t19-,20+,21+,22-,23+,25+,26-;16-,17-,18-,20-,21+,22-,23-;3*14-,15-,16-,18-,19+,21-,22-/m01111/s1. The number of aliphatic hydroxyl groups is 7. The predicted molar refractivity (Wildman–Crippen MR) is 516 cm³/mol. The normalized spacial score (nSPS) is 49.3. The first-order valence-corrected chi connectivity index (χ1v) is 54.3. The molecule has 7 N–H and O–H groups in total.